The molecule has 0 radical (unpaired) electrons. The largest absolute Gasteiger partial charge is 0.379 e. The van der Waals surface area contributed by atoms with Gasteiger partial charge in [0.25, 0.3) is 5.69 Å². The average Bonchev–Trinajstić information content (AvgIpc) is 2.43. The summed E-state index contributed by atoms with van der Waals surface area (Å²) < 4.78 is 0. The normalized spacial score (nSPS) is 10.8. The molecule has 0 spiro atoms. The number of benzene rings is 1. The van der Waals surface area contributed by atoms with E-state index in [0.717, 1.165) is 44.5 Å². The van der Waals surface area contributed by atoms with Crippen LogP contribution >= 0.6 is 0 Å². The third kappa shape index (κ3) is 4.81. The van der Waals surface area contributed by atoms with Crippen LogP contribution in [-0.2, 0) is 6.54 Å². The number of hydrogen-bond acceptors (Lipinski definition) is 4. The molecule has 1 aromatic rings. The van der Waals surface area contributed by atoms with Crippen molar-refractivity contribution in [3.05, 3.63) is 33.9 Å². The maximum absolute atomic E-state index is 11.1. The van der Waals surface area contributed by atoms with E-state index in [9.17, 15) is 10.1 Å². The van der Waals surface area contributed by atoms with Crippen LogP contribution in [0.1, 0.15) is 38.7 Å². The molecule has 0 aliphatic carbocycles. The summed E-state index contributed by atoms with van der Waals surface area (Å²) in [5.74, 6) is 0. The van der Waals surface area contributed by atoms with E-state index in [1.165, 1.54) is 0 Å². The zero-order valence-corrected chi connectivity index (χ0v) is 12.7. The lowest BCUT2D eigenvalue weighted by molar-refractivity contribution is -0.384. The van der Waals surface area contributed by atoms with Gasteiger partial charge < -0.3 is 10.2 Å². The van der Waals surface area contributed by atoms with E-state index in [4.69, 9.17) is 0 Å². The smallest absolute Gasteiger partial charge is 0.292 e. The highest BCUT2D eigenvalue weighted by Gasteiger charge is 2.17. The molecule has 0 fully saturated rings. The van der Waals surface area contributed by atoms with Crippen LogP contribution in [0.25, 0.3) is 0 Å². The highest BCUT2D eigenvalue weighted by molar-refractivity contribution is 5.66. The van der Waals surface area contributed by atoms with Crippen LogP contribution in [0, 0.1) is 10.1 Å². The molecule has 0 amide bonds. The molecule has 20 heavy (non-hydrogen) atoms. The quantitative estimate of drug-likeness (QED) is 0.553. The van der Waals surface area contributed by atoms with Crippen molar-refractivity contribution in [1.82, 2.24) is 4.90 Å². The van der Waals surface area contributed by atoms with Gasteiger partial charge in [-0.2, -0.15) is 0 Å². The van der Waals surface area contributed by atoms with Crippen molar-refractivity contribution in [3.63, 3.8) is 0 Å². The third-order valence-electron chi connectivity index (χ3n) is 3.21. The van der Waals surface area contributed by atoms with Crippen LogP contribution in [0.4, 0.5) is 11.4 Å². The van der Waals surface area contributed by atoms with Crippen molar-refractivity contribution in [2.45, 2.75) is 39.7 Å². The Labute approximate surface area is 121 Å². The third-order valence-corrected chi connectivity index (χ3v) is 3.21. The Balaban J connectivity index is 2.92. The summed E-state index contributed by atoms with van der Waals surface area (Å²) in [7, 11) is 2.05. The maximum atomic E-state index is 11.1. The first kappa shape index (κ1) is 16.4. The molecule has 0 aliphatic heterocycles. The van der Waals surface area contributed by atoms with Gasteiger partial charge in [0.1, 0.15) is 5.69 Å². The lowest BCUT2D eigenvalue weighted by Crippen LogP contribution is -2.20. The predicted molar refractivity (Wildman–Crippen MR) is 83.1 cm³/mol. The zero-order chi connectivity index (χ0) is 15.0. The van der Waals surface area contributed by atoms with Crippen molar-refractivity contribution >= 4 is 11.4 Å². The van der Waals surface area contributed by atoms with Gasteiger partial charge in [-0.15, -0.1) is 0 Å². The number of nitro benzene ring substituents is 1. The first-order chi connectivity index (χ1) is 9.60. The van der Waals surface area contributed by atoms with Gasteiger partial charge in [0.2, 0.25) is 0 Å². The second-order valence-electron chi connectivity index (χ2n) is 5.09. The minimum atomic E-state index is -0.312. The predicted octanol–water partition coefficient (Wildman–Crippen LogP) is 3.65. The molecule has 0 aliphatic rings. The first-order valence-electron chi connectivity index (χ1n) is 7.28. The Morgan fingerprint density at radius 1 is 1.30 bits per heavy atom. The Kier molecular flexibility index (Phi) is 7.01. The minimum absolute atomic E-state index is 0.167. The number of rotatable bonds is 9. The molecule has 0 saturated carbocycles. The minimum Gasteiger partial charge on any atom is -0.379 e. The summed E-state index contributed by atoms with van der Waals surface area (Å²) in [4.78, 5) is 13.0. The summed E-state index contributed by atoms with van der Waals surface area (Å²) in [5.41, 5.74) is 1.83. The number of nitro groups is 1. The van der Waals surface area contributed by atoms with Crippen molar-refractivity contribution in [1.29, 1.82) is 0 Å². The number of nitrogens with zero attached hydrogens (tertiary/aromatic N) is 2. The standard InChI is InChI=1S/C15H25N3O2/c1-4-6-11-17(3)12-13-8-7-9-14(18(19)20)15(13)16-10-5-2/h7-9,16H,4-6,10-12H2,1-3H3. The molecule has 1 aromatic carbocycles. The molecule has 1 N–H and O–H groups in total. The van der Waals surface area contributed by atoms with Crippen LogP contribution in [0.15, 0.2) is 18.2 Å². The average molecular weight is 279 g/mol. The molecule has 0 heterocycles. The second kappa shape index (κ2) is 8.53. The number of anilines is 1. The summed E-state index contributed by atoms with van der Waals surface area (Å²) >= 11 is 0. The SMILES string of the molecule is CCCCN(C)Cc1cccc([N+](=O)[O-])c1NCCC. The molecule has 0 unspecified atom stereocenters. The summed E-state index contributed by atoms with van der Waals surface area (Å²) in [6.45, 7) is 6.70. The molecule has 0 atom stereocenters. The van der Waals surface area contributed by atoms with E-state index in [2.05, 4.69) is 31.1 Å². The van der Waals surface area contributed by atoms with E-state index < -0.39 is 0 Å². The molecule has 0 saturated heterocycles. The van der Waals surface area contributed by atoms with Gasteiger partial charge in [0.15, 0.2) is 0 Å². The van der Waals surface area contributed by atoms with Crippen LogP contribution < -0.4 is 5.32 Å². The summed E-state index contributed by atoms with van der Waals surface area (Å²) in [6.07, 6.45) is 3.24. The molecule has 112 valence electrons. The van der Waals surface area contributed by atoms with E-state index in [-0.39, 0.29) is 10.6 Å². The number of unbranched alkanes of at least 4 members (excludes halogenated alkanes) is 1. The molecule has 1 rings (SSSR count). The molecule has 0 aromatic heterocycles. The van der Waals surface area contributed by atoms with Crippen molar-refractivity contribution < 1.29 is 4.92 Å². The van der Waals surface area contributed by atoms with E-state index in [1.807, 2.05) is 6.07 Å². The van der Waals surface area contributed by atoms with Gasteiger partial charge in [-0.25, -0.2) is 0 Å². The molecular formula is C15H25N3O2. The van der Waals surface area contributed by atoms with Gasteiger partial charge in [0, 0.05) is 19.2 Å². The van der Waals surface area contributed by atoms with Crippen molar-refractivity contribution in [2.75, 3.05) is 25.5 Å². The van der Waals surface area contributed by atoms with E-state index in [0.29, 0.717) is 5.69 Å². The number of nitrogens with one attached hydrogen (secondary N) is 1. The van der Waals surface area contributed by atoms with E-state index in [1.54, 1.807) is 12.1 Å². The summed E-state index contributed by atoms with van der Waals surface area (Å²) in [6, 6.07) is 5.29. The fourth-order valence-corrected chi connectivity index (χ4v) is 2.12. The molecular weight excluding hydrogens is 254 g/mol. The maximum Gasteiger partial charge on any atom is 0.292 e. The van der Waals surface area contributed by atoms with Gasteiger partial charge in [0.05, 0.1) is 4.92 Å². The monoisotopic (exact) mass is 279 g/mol. The first-order valence-corrected chi connectivity index (χ1v) is 7.28. The lowest BCUT2D eigenvalue weighted by Gasteiger charge is -2.19. The fraction of sp³-hybridized carbons (Fsp3) is 0.600. The highest BCUT2D eigenvalue weighted by Crippen LogP contribution is 2.29. The number of hydrogen-bond donors (Lipinski definition) is 1. The summed E-state index contributed by atoms with van der Waals surface area (Å²) in [5, 5.41) is 14.4. The number of para-hydroxylation sites is 1. The lowest BCUT2D eigenvalue weighted by atomic mass is 10.1. The van der Waals surface area contributed by atoms with Crippen LogP contribution in [-0.4, -0.2) is 30.0 Å². The molecule has 5 heteroatoms. The Morgan fingerprint density at radius 2 is 2.05 bits per heavy atom. The highest BCUT2D eigenvalue weighted by atomic mass is 16.6. The molecule has 0 bridgehead atoms. The topological polar surface area (TPSA) is 58.4 Å². The Hall–Kier alpha value is -1.62. The van der Waals surface area contributed by atoms with Gasteiger partial charge in [-0.05, 0) is 32.0 Å². The van der Waals surface area contributed by atoms with Crippen LogP contribution in [0.5, 0.6) is 0 Å². The van der Waals surface area contributed by atoms with Gasteiger partial charge in [-0.1, -0.05) is 32.4 Å². The van der Waals surface area contributed by atoms with Crippen LogP contribution in [0.2, 0.25) is 0 Å². The second-order valence-corrected chi connectivity index (χ2v) is 5.09. The van der Waals surface area contributed by atoms with Crippen molar-refractivity contribution in [3.8, 4) is 0 Å². The molecule has 5 nitrogen and oxygen atoms in total. The van der Waals surface area contributed by atoms with Gasteiger partial charge in [-0.3, -0.25) is 10.1 Å². The Bertz CT molecular complexity index is 435. The van der Waals surface area contributed by atoms with E-state index >= 15 is 0 Å². The zero-order valence-electron chi connectivity index (χ0n) is 12.7. The fourth-order valence-electron chi connectivity index (χ4n) is 2.12. The van der Waals surface area contributed by atoms with Crippen LogP contribution in [0.3, 0.4) is 0 Å². The van der Waals surface area contributed by atoms with Gasteiger partial charge >= 0.3 is 0 Å². The Morgan fingerprint density at radius 3 is 2.65 bits per heavy atom. The van der Waals surface area contributed by atoms with Crippen molar-refractivity contribution in [2.24, 2.45) is 0 Å².